The van der Waals surface area contributed by atoms with Gasteiger partial charge in [0, 0.05) is 12.6 Å². The zero-order chi connectivity index (χ0) is 16.3. The lowest BCUT2D eigenvalue weighted by Crippen LogP contribution is -2.14. The molecule has 0 atom stereocenters. The summed E-state index contributed by atoms with van der Waals surface area (Å²) >= 11 is 0. The number of nitrogens with zero attached hydrogens (tertiary/aromatic N) is 1. The number of methoxy groups -OCH3 is 1. The first-order valence-corrected chi connectivity index (χ1v) is 6.89. The van der Waals surface area contributed by atoms with E-state index in [1.54, 1.807) is 31.2 Å². The second kappa shape index (κ2) is 6.43. The molecule has 0 saturated carbocycles. The Labute approximate surface area is 128 Å². The summed E-state index contributed by atoms with van der Waals surface area (Å²) < 4.78 is 10.0. The highest BCUT2D eigenvalue weighted by Crippen LogP contribution is 2.21. The number of hydrogen-bond donors (Lipinski definition) is 1. The van der Waals surface area contributed by atoms with E-state index in [-0.39, 0.29) is 17.6 Å². The third-order valence-electron chi connectivity index (χ3n) is 3.08. The molecule has 6 nitrogen and oxygen atoms in total. The third kappa shape index (κ3) is 3.33. The quantitative estimate of drug-likeness (QED) is 0.877. The molecule has 0 spiro atoms. The van der Waals surface area contributed by atoms with Crippen LogP contribution in [0, 0.1) is 6.92 Å². The number of amides is 1. The number of ether oxygens (including phenoxy) is 1. The summed E-state index contributed by atoms with van der Waals surface area (Å²) in [6.45, 7) is 5.59. The van der Waals surface area contributed by atoms with E-state index in [1.807, 2.05) is 13.8 Å². The SMILES string of the molecule is COC(=O)c1ccc(NC(=O)c2oc(C)nc2C(C)C)cc1. The molecule has 0 saturated heterocycles. The molecule has 22 heavy (non-hydrogen) atoms. The summed E-state index contributed by atoms with van der Waals surface area (Å²) in [4.78, 5) is 27.9. The highest BCUT2D eigenvalue weighted by Gasteiger charge is 2.21. The normalized spacial score (nSPS) is 10.6. The molecule has 0 aliphatic heterocycles. The molecule has 6 heteroatoms. The zero-order valence-corrected chi connectivity index (χ0v) is 13.0. The Morgan fingerprint density at radius 1 is 1.23 bits per heavy atom. The molecule has 1 amide bonds. The number of carbonyl (C=O) groups is 2. The van der Waals surface area contributed by atoms with Gasteiger partial charge in [0.25, 0.3) is 5.91 Å². The molecule has 1 aromatic carbocycles. The van der Waals surface area contributed by atoms with Gasteiger partial charge in [-0.2, -0.15) is 0 Å². The van der Waals surface area contributed by atoms with Crippen LogP contribution >= 0.6 is 0 Å². The van der Waals surface area contributed by atoms with Crippen LogP contribution < -0.4 is 5.32 Å². The van der Waals surface area contributed by atoms with Gasteiger partial charge >= 0.3 is 5.97 Å². The summed E-state index contributed by atoms with van der Waals surface area (Å²) in [7, 11) is 1.32. The van der Waals surface area contributed by atoms with Gasteiger partial charge in [0.2, 0.25) is 5.76 Å². The monoisotopic (exact) mass is 302 g/mol. The molecule has 0 unspecified atom stereocenters. The Bertz CT molecular complexity index is 687. The second-order valence-corrected chi connectivity index (χ2v) is 5.13. The maximum absolute atomic E-state index is 12.3. The molecule has 116 valence electrons. The lowest BCUT2D eigenvalue weighted by molar-refractivity contribution is 0.0600. The van der Waals surface area contributed by atoms with Crippen LogP contribution in [0.2, 0.25) is 0 Å². The zero-order valence-electron chi connectivity index (χ0n) is 13.0. The van der Waals surface area contributed by atoms with Gasteiger partial charge in [-0.3, -0.25) is 4.79 Å². The van der Waals surface area contributed by atoms with Gasteiger partial charge in [0.05, 0.1) is 18.4 Å². The van der Waals surface area contributed by atoms with Crippen molar-refractivity contribution in [2.45, 2.75) is 26.7 Å². The molecule has 0 bridgehead atoms. The van der Waals surface area contributed by atoms with Gasteiger partial charge in [0.15, 0.2) is 5.89 Å². The van der Waals surface area contributed by atoms with Gasteiger partial charge in [-0.15, -0.1) is 0 Å². The van der Waals surface area contributed by atoms with Crippen molar-refractivity contribution in [3.05, 3.63) is 47.2 Å². The van der Waals surface area contributed by atoms with Crippen molar-refractivity contribution in [1.29, 1.82) is 0 Å². The van der Waals surface area contributed by atoms with Gasteiger partial charge < -0.3 is 14.5 Å². The van der Waals surface area contributed by atoms with E-state index in [4.69, 9.17) is 4.42 Å². The van der Waals surface area contributed by atoms with Crippen LogP contribution in [-0.2, 0) is 4.74 Å². The Hall–Kier alpha value is -2.63. The maximum Gasteiger partial charge on any atom is 0.337 e. The predicted octanol–water partition coefficient (Wildman–Crippen LogP) is 3.15. The maximum atomic E-state index is 12.3. The standard InChI is InChI=1S/C16H18N2O4/c1-9(2)13-14(22-10(3)17-13)15(19)18-12-7-5-11(6-8-12)16(20)21-4/h5-9H,1-4H3,(H,18,19). The highest BCUT2D eigenvalue weighted by molar-refractivity contribution is 6.03. The Balaban J connectivity index is 2.17. The number of rotatable bonds is 4. The van der Waals surface area contributed by atoms with E-state index in [9.17, 15) is 9.59 Å². The van der Waals surface area contributed by atoms with Gasteiger partial charge in [0.1, 0.15) is 0 Å². The smallest absolute Gasteiger partial charge is 0.337 e. The molecule has 2 rings (SSSR count). The molecular formula is C16H18N2O4. The van der Waals surface area contributed by atoms with Crippen molar-refractivity contribution in [3.63, 3.8) is 0 Å². The van der Waals surface area contributed by atoms with Crippen LogP contribution in [0.3, 0.4) is 0 Å². The molecule has 1 heterocycles. The van der Waals surface area contributed by atoms with Crippen LogP contribution in [0.5, 0.6) is 0 Å². The number of carbonyl (C=O) groups excluding carboxylic acids is 2. The number of benzene rings is 1. The van der Waals surface area contributed by atoms with Crippen molar-refractivity contribution in [1.82, 2.24) is 4.98 Å². The second-order valence-electron chi connectivity index (χ2n) is 5.13. The summed E-state index contributed by atoms with van der Waals surface area (Å²) in [5.41, 5.74) is 1.60. The minimum atomic E-state index is -0.425. The molecule has 0 fully saturated rings. The molecule has 0 aliphatic rings. The fraction of sp³-hybridized carbons (Fsp3) is 0.312. The molecule has 0 aliphatic carbocycles. The summed E-state index contributed by atoms with van der Waals surface area (Å²) in [6, 6.07) is 6.41. The Morgan fingerprint density at radius 2 is 1.86 bits per heavy atom. The molecular weight excluding hydrogens is 284 g/mol. The first-order valence-electron chi connectivity index (χ1n) is 6.89. The van der Waals surface area contributed by atoms with Crippen molar-refractivity contribution in [2.75, 3.05) is 12.4 Å². The number of anilines is 1. The molecule has 0 radical (unpaired) electrons. The number of oxazole rings is 1. The summed E-state index contributed by atoms with van der Waals surface area (Å²) in [5, 5.41) is 2.73. The summed E-state index contributed by atoms with van der Waals surface area (Å²) in [5.74, 6) is -0.0414. The minimum absolute atomic E-state index is 0.0832. The van der Waals surface area contributed by atoms with Crippen LogP contribution in [0.4, 0.5) is 5.69 Å². The number of aryl methyl sites for hydroxylation is 1. The fourth-order valence-corrected chi connectivity index (χ4v) is 1.99. The van der Waals surface area contributed by atoms with Crippen LogP contribution in [-0.4, -0.2) is 24.0 Å². The number of aromatic nitrogens is 1. The topological polar surface area (TPSA) is 81.4 Å². The fourth-order valence-electron chi connectivity index (χ4n) is 1.99. The van der Waals surface area contributed by atoms with Gasteiger partial charge in [-0.25, -0.2) is 9.78 Å². The number of esters is 1. The van der Waals surface area contributed by atoms with Crippen LogP contribution in [0.1, 0.15) is 52.3 Å². The van der Waals surface area contributed by atoms with Gasteiger partial charge in [-0.05, 0) is 30.2 Å². The average Bonchev–Trinajstić information content (AvgIpc) is 2.89. The lowest BCUT2D eigenvalue weighted by atomic mass is 10.1. The lowest BCUT2D eigenvalue weighted by Gasteiger charge is -2.06. The van der Waals surface area contributed by atoms with Gasteiger partial charge in [-0.1, -0.05) is 13.8 Å². The van der Waals surface area contributed by atoms with Crippen LogP contribution in [0.15, 0.2) is 28.7 Å². The van der Waals surface area contributed by atoms with E-state index in [2.05, 4.69) is 15.0 Å². The first-order chi connectivity index (χ1) is 10.4. The van der Waals surface area contributed by atoms with E-state index < -0.39 is 5.97 Å². The minimum Gasteiger partial charge on any atom is -0.465 e. The number of hydrogen-bond acceptors (Lipinski definition) is 5. The van der Waals surface area contributed by atoms with E-state index in [1.165, 1.54) is 7.11 Å². The van der Waals surface area contributed by atoms with Crippen molar-refractivity contribution < 1.29 is 18.7 Å². The third-order valence-corrected chi connectivity index (χ3v) is 3.08. The van der Waals surface area contributed by atoms with E-state index >= 15 is 0 Å². The predicted molar refractivity (Wildman–Crippen MR) is 81.1 cm³/mol. The highest BCUT2D eigenvalue weighted by atomic mass is 16.5. The summed E-state index contributed by atoms with van der Waals surface area (Å²) in [6.07, 6.45) is 0. The largest absolute Gasteiger partial charge is 0.465 e. The first kappa shape index (κ1) is 15.8. The number of nitrogens with one attached hydrogen (secondary N) is 1. The van der Waals surface area contributed by atoms with E-state index in [0.717, 1.165) is 0 Å². The van der Waals surface area contributed by atoms with Crippen LogP contribution in [0.25, 0.3) is 0 Å². The van der Waals surface area contributed by atoms with Crippen molar-refractivity contribution in [2.24, 2.45) is 0 Å². The van der Waals surface area contributed by atoms with Crippen molar-refractivity contribution >= 4 is 17.6 Å². The molecule has 2 aromatic rings. The Kier molecular flexibility index (Phi) is 4.60. The average molecular weight is 302 g/mol. The molecule has 1 aromatic heterocycles. The molecule has 1 N–H and O–H groups in total. The Morgan fingerprint density at radius 3 is 2.41 bits per heavy atom. The van der Waals surface area contributed by atoms with E-state index in [0.29, 0.717) is 22.8 Å². The van der Waals surface area contributed by atoms with Crippen molar-refractivity contribution in [3.8, 4) is 0 Å².